The Balaban J connectivity index is 1.88. The maximum absolute atomic E-state index is 7.36. The fourth-order valence-electron chi connectivity index (χ4n) is 2.20. The van der Waals surface area contributed by atoms with E-state index in [9.17, 15) is 0 Å². The van der Waals surface area contributed by atoms with E-state index in [1.807, 2.05) is 30.5 Å². The summed E-state index contributed by atoms with van der Waals surface area (Å²) in [7, 11) is 0. The van der Waals surface area contributed by atoms with Crippen LogP contribution >= 0.6 is 0 Å². The minimum absolute atomic E-state index is 0.222. The molecule has 0 radical (unpaired) electrons. The van der Waals surface area contributed by atoms with Crippen LogP contribution in [0.2, 0.25) is 0 Å². The van der Waals surface area contributed by atoms with Crippen LogP contribution < -0.4 is 10.6 Å². The molecule has 1 aliphatic rings. The number of benzene rings is 1. The molecule has 1 aromatic carbocycles. The fourth-order valence-corrected chi connectivity index (χ4v) is 2.20. The van der Waals surface area contributed by atoms with E-state index in [0.29, 0.717) is 12.5 Å². The van der Waals surface area contributed by atoms with Gasteiger partial charge in [-0.1, -0.05) is 12.1 Å². The van der Waals surface area contributed by atoms with Gasteiger partial charge >= 0.3 is 0 Å². The van der Waals surface area contributed by atoms with Gasteiger partial charge in [-0.2, -0.15) is 0 Å². The largest absolute Gasteiger partial charge is 0.388 e. The summed E-state index contributed by atoms with van der Waals surface area (Å²) in [5.74, 6) is 1.11. The van der Waals surface area contributed by atoms with Gasteiger partial charge in [0, 0.05) is 19.0 Å². The third-order valence-corrected chi connectivity index (χ3v) is 3.34. The van der Waals surface area contributed by atoms with Crippen molar-refractivity contribution in [3.05, 3.63) is 30.5 Å². The standard InChI is InChI=1S/C14H17N5/c15-13(16)7-8-19(10-5-6-10)14-9-17-11-3-1-2-4-12(11)18-14/h1-4,9-10H,5-8H2,(H3,15,16). The summed E-state index contributed by atoms with van der Waals surface area (Å²) in [6.45, 7) is 0.743. The van der Waals surface area contributed by atoms with Crippen LogP contribution in [0.1, 0.15) is 19.3 Å². The number of anilines is 1. The zero-order valence-corrected chi connectivity index (χ0v) is 10.7. The van der Waals surface area contributed by atoms with Crippen LogP contribution in [0, 0.1) is 5.41 Å². The van der Waals surface area contributed by atoms with Crippen LogP contribution in [0.4, 0.5) is 5.82 Å². The number of nitrogens with one attached hydrogen (secondary N) is 1. The van der Waals surface area contributed by atoms with Gasteiger partial charge in [0.15, 0.2) is 0 Å². The maximum Gasteiger partial charge on any atom is 0.148 e. The van der Waals surface area contributed by atoms with Crippen molar-refractivity contribution in [1.82, 2.24) is 9.97 Å². The summed E-state index contributed by atoms with van der Waals surface area (Å²) in [6, 6.07) is 8.41. The van der Waals surface area contributed by atoms with Gasteiger partial charge in [0.2, 0.25) is 0 Å². The Morgan fingerprint density at radius 2 is 2.05 bits per heavy atom. The maximum atomic E-state index is 7.36. The van der Waals surface area contributed by atoms with E-state index in [0.717, 1.165) is 23.4 Å². The quantitative estimate of drug-likeness (QED) is 0.632. The van der Waals surface area contributed by atoms with E-state index in [1.54, 1.807) is 0 Å². The lowest BCUT2D eigenvalue weighted by Crippen LogP contribution is -2.30. The molecule has 2 aromatic rings. The second-order valence-corrected chi connectivity index (χ2v) is 4.92. The first-order valence-corrected chi connectivity index (χ1v) is 6.55. The molecular formula is C14H17N5. The number of para-hydroxylation sites is 2. The monoisotopic (exact) mass is 255 g/mol. The van der Waals surface area contributed by atoms with Crippen molar-refractivity contribution in [2.45, 2.75) is 25.3 Å². The first-order valence-electron chi connectivity index (χ1n) is 6.55. The highest BCUT2D eigenvalue weighted by molar-refractivity contribution is 5.78. The first-order chi connectivity index (χ1) is 9.24. The summed E-state index contributed by atoms with van der Waals surface area (Å²) in [5, 5.41) is 7.36. The normalized spacial score (nSPS) is 14.5. The molecule has 1 saturated carbocycles. The van der Waals surface area contributed by atoms with Gasteiger partial charge in [0.05, 0.1) is 23.1 Å². The zero-order valence-electron chi connectivity index (χ0n) is 10.7. The molecule has 1 fully saturated rings. The van der Waals surface area contributed by atoms with Crippen LogP contribution in [0.3, 0.4) is 0 Å². The molecule has 5 heteroatoms. The fraction of sp³-hybridized carbons (Fsp3) is 0.357. The Labute approximate surface area is 112 Å². The zero-order chi connectivity index (χ0) is 13.2. The lowest BCUT2D eigenvalue weighted by Gasteiger charge is -2.23. The number of amidine groups is 1. The number of aromatic nitrogens is 2. The lowest BCUT2D eigenvalue weighted by molar-refractivity contribution is 0.781. The van der Waals surface area contributed by atoms with Gasteiger partial charge in [-0.3, -0.25) is 10.4 Å². The molecule has 3 N–H and O–H groups in total. The Morgan fingerprint density at radius 1 is 1.32 bits per heavy atom. The Kier molecular flexibility index (Phi) is 3.03. The molecule has 19 heavy (non-hydrogen) atoms. The molecule has 0 spiro atoms. The number of nitrogens with two attached hydrogens (primary N) is 1. The Bertz CT molecular complexity index is 606. The van der Waals surface area contributed by atoms with Crippen molar-refractivity contribution in [2.75, 3.05) is 11.4 Å². The highest BCUT2D eigenvalue weighted by atomic mass is 15.2. The summed E-state index contributed by atoms with van der Waals surface area (Å²) in [5.41, 5.74) is 7.27. The molecule has 1 aliphatic carbocycles. The summed E-state index contributed by atoms with van der Waals surface area (Å²) >= 11 is 0. The van der Waals surface area contributed by atoms with Gasteiger partial charge in [0.1, 0.15) is 5.82 Å². The van der Waals surface area contributed by atoms with Crippen LogP contribution in [0.25, 0.3) is 11.0 Å². The molecule has 0 unspecified atom stereocenters. The van der Waals surface area contributed by atoms with E-state index in [1.165, 1.54) is 12.8 Å². The van der Waals surface area contributed by atoms with Gasteiger partial charge in [-0.25, -0.2) is 4.98 Å². The van der Waals surface area contributed by atoms with Crippen LogP contribution in [-0.2, 0) is 0 Å². The first kappa shape index (κ1) is 11.9. The van der Waals surface area contributed by atoms with Gasteiger partial charge in [0.25, 0.3) is 0 Å². The Hall–Kier alpha value is -2.17. The van der Waals surface area contributed by atoms with E-state index in [4.69, 9.17) is 11.1 Å². The summed E-state index contributed by atoms with van der Waals surface area (Å²) < 4.78 is 0. The van der Waals surface area contributed by atoms with E-state index in [-0.39, 0.29) is 5.84 Å². The van der Waals surface area contributed by atoms with Gasteiger partial charge < -0.3 is 10.6 Å². The molecule has 0 aliphatic heterocycles. The molecule has 1 aromatic heterocycles. The number of hydrogen-bond donors (Lipinski definition) is 2. The number of fused-ring (bicyclic) bond motifs is 1. The van der Waals surface area contributed by atoms with Crippen molar-refractivity contribution in [1.29, 1.82) is 5.41 Å². The average molecular weight is 255 g/mol. The van der Waals surface area contributed by atoms with Crippen LogP contribution in [-0.4, -0.2) is 28.4 Å². The minimum atomic E-state index is 0.222. The van der Waals surface area contributed by atoms with E-state index < -0.39 is 0 Å². The molecule has 0 atom stereocenters. The Morgan fingerprint density at radius 3 is 2.74 bits per heavy atom. The average Bonchev–Trinajstić information content (AvgIpc) is 3.23. The lowest BCUT2D eigenvalue weighted by atomic mass is 10.3. The number of rotatable bonds is 5. The molecule has 5 nitrogen and oxygen atoms in total. The van der Waals surface area contributed by atoms with Gasteiger partial charge in [-0.05, 0) is 25.0 Å². The second kappa shape index (κ2) is 4.84. The molecule has 0 amide bonds. The smallest absolute Gasteiger partial charge is 0.148 e. The molecular weight excluding hydrogens is 238 g/mol. The second-order valence-electron chi connectivity index (χ2n) is 4.92. The predicted octanol–water partition coefficient (Wildman–Crippen LogP) is 1.92. The van der Waals surface area contributed by atoms with Crippen LogP contribution in [0.15, 0.2) is 30.5 Å². The topological polar surface area (TPSA) is 78.9 Å². The molecule has 98 valence electrons. The highest BCUT2D eigenvalue weighted by Gasteiger charge is 2.30. The van der Waals surface area contributed by atoms with E-state index >= 15 is 0 Å². The third-order valence-electron chi connectivity index (χ3n) is 3.34. The summed E-state index contributed by atoms with van der Waals surface area (Å²) in [4.78, 5) is 11.3. The SMILES string of the molecule is N=C(N)CCN(c1cnc2ccccc2n1)C1CC1. The van der Waals surface area contributed by atoms with E-state index in [2.05, 4.69) is 14.9 Å². The third kappa shape index (κ3) is 2.65. The number of hydrogen-bond acceptors (Lipinski definition) is 4. The number of nitrogens with zero attached hydrogens (tertiary/aromatic N) is 3. The van der Waals surface area contributed by atoms with Crippen molar-refractivity contribution < 1.29 is 0 Å². The van der Waals surface area contributed by atoms with Crippen LogP contribution in [0.5, 0.6) is 0 Å². The van der Waals surface area contributed by atoms with Crippen molar-refractivity contribution in [3.63, 3.8) is 0 Å². The predicted molar refractivity (Wildman–Crippen MR) is 76.4 cm³/mol. The molecule has 0 saturated heterocycles. The van der Waals surface area contributed by atoms with Gasteiger partial charge in [-0.15, -0.1) is 0 Å². The van der Waals surface area contributed by atoms with Crippen molar-refractivity contribution >= 4 is 22.7 Å². The summed E-state index contributed by atoms with van der Waals surface area (Å²) in [6.07, 6.45) is 4.77. The minimum Gasteiger partial charge on any atom is -0.388 e. The molecule has 1 heterocycles. The van der Waals surface area contributed by atoms with Crippen molar-refractivity contribution in [3.8, 4) is 0 Å². The molecule has 3 rings (SSSR count). The van der Waals surface area contributed by atoms with Crippen molar-refractivity contribution in [2.24, 2.45) is 5.73 Å². The molecule has 0 bridgehead atoms. The highest BCUT2D eigenvalue weighted by Crippen LogP contribution is 2.31.